The first-order chi connectivity index (χ1) is 16.6. The van der Waals surface area contributed by atoms with Crippen molar-refractivity contribution in [3.8, 4) is 17.2 Å². The molecule has 4 aromatic rings. The number of aromatic amines is 1. The van der Waals surface area contributed by atoms with Crippen LogP contribution >= 0.6 is 0 Å². The molecular formula is C25H21N3O6. The van der Waals surface area contributed by atoms with Crippen LogP contribution in [0.4, 0.5) is 5.69 Å². The van der Waals surface area contributed by atoms with Crippen LogP contribution in [0.15, 0.2) is 76.3 Å². The minimum Gasteiger partial charge on any atom is -0.489 e. The second-order valence-electron chi connectivity index (χ2n) is 7.73. The molecule has 9 heteroatoms. The molecule has 9 nitrogen and oxygen atoms in total. The number of carbonyl (C=O) groups is 1. The Balaban J connectivity index is 1.21. The molecule has 5 rings (SSSR count). The summed E-state index contributed by atoms with van der Waals surface area (Å²) in [6.07, 6.45) is 0.0634. The molecule has 34 heavy (non-hydrogen) atoms. The lowest BCUT2D eigenvalue weighted by atomic mass is 10.2. The maximum Gasteiger partial charge on any atom is 0.328 e. The van der Waals surface area contributed by atoms with Crippen LogP contribution in [0, 0.1) is 0 Å². The number of hydrogen-bond donors (Lipinski definition) is 2. The summed E-state index contributed by atoms with van der Waals surface area (Å²) < 4.78 is 17.9. The van der Waals surface area contributed by atoms with Crippen LogP contribution < -0.4 is 30.8 Å². The monoisotopic (exact) mass is 459 g/mol. The number of ether oxygens (including phenoxy) is 3. The quantitative estimate of drug-likeness (QED) is 0.440. The van der Waals surface area contributed by atoms with E-state index in [0.717, 1.165) is 5.56 Å². The Morgan fingerprint density at radius 3 is 2.76 bits per heavy atom. The number of amides is 1. The van der Waals surface area contributed by atoms with Gasteiger partial charge in [0.15, 0.2) is 11.5 Å². The highest BCUT2D eigenvalue weighted by atomic mass is 16.7. The van der Waals surface area contributed by atoms with E-state index in [2.05, 4.69) is 10.3 Å². The van der Waals surface area contributed by atoms with E-state index in [-0.39, 0.29) is 25.7 Å². The lowest BCUT2D eigenvalue weighted by molar-refractivity contribution is -0.116. The highest BCUT2D eigenvalue weighted by Crippen LogP contribution is 2.35. The Labute approximate surface area is 193 Å². The van der Waals surface area contributed by atoms with Crippen molar-refractivity contribution in [3.63, 3.8) is 0 Å². The number of nitrogens with one attached hydrogen (secondary N) is 2. The summed E-state index contributed by atoms with van der Waals surface area (Å²) in [5.74, 6) is 1.73. The zero-order valence-electron chi connectivity index (χ0n) is 18.1. The predicted octanol–water partition coefficient (Wildman–Crippen LogP) is 3.03. The van der Waals surface area contributed by atoms with Crippen LogP contribution in [0.1, 0.15) is 12.0 Å². The Morgan fingerprint density at radius 2 is 1.85 bits per heavy atom. The standard InChI is InChI=1S/C25H21N3O6/c29-23(10-11-28-20-7-2-1-6-19(20)24(30)27-25(28)31)26-17-5-3-4-16(12-17)14-32-18-8-9-21-22(13-18)34-15-33-21/h1-9,12-13H,10-11,14-15H2,(H,26,29)(H,27,30,31). The summed E-state index contributed by atoms with van der Waals surface area (Å²) in [5.41, 5.74) is 1.00. The summed E-state index contributed by atoms with van der Waals surface area (Å²) in [5, 5.41) is 3.25. The van der Waals surface area contributed by atoms with Crippen LogP contribution in [-0.4, -0.2) is 22.3 Å². The van der Waals surface area contributed by atoms with Gasteiger partial charge < -0.3 is 19.5 Å². The number of carbonyl (C=O) groups excluding carboxylic acids is 1. The molecule has 1 aliphatic rings. The van der Waals surface area contributed by atoms with E-state index in [4.69, 9.17) is 14.2 Å². The second-order valence-corrected chi connectivity index (χ2v) is 7.73. The van der Waals surface area contributed by atoms with Gasteiger partial charge in [0, 0.05) is 24.7 Å². The molecule has 1 aromatic heterocycles. The number of aryl methyl sites for hydroxylation is 1. The molecule has 0 spiro atoms. The molecule has 0 saturated carbocycles. The third-order valence-corrected chi connectivity index (χ3v) is 5.43. The molecule has 0 radical (unpaired) electrons. The Bertz CT molecular complexity index is 1490. The summed E-state index contributed by atoms with van der Waals surface area (Å²) >= 11 is 0. The van der Waals surface area contributed by atoms with Gasteiger partial charge in [-0.3, -0.25) is 19.1 Å². The maximum atomic E-state index is 12.5. The molecule has 0 fully saturated rings. The smallest absolute Gasteiger partial charge is 0.328 e. The van der Waals surface area contributed by atoms with E-state index in [9.17, 15) is 14.4 Å². The van der Waals surface area contributed by atoms with Gasteiger partial charge in [-0.15, -0.1) is 0 Å². The van der Waals surface area contributed by atoms with E-state index in [1.165, 1.54) is 4.57 Å². The van der Waals surface area contributed by atoms with E-state index in [1.54, 1.807) is 42.5 Å². The van der Waals surface area contributed by atoms with Gasteiger partial charge in [-0.1, -0.05) is 24.3 Å². The lowest BCUT2D eigenvalue weighted by Gasteiger charge is -2.11. The van der Waals surface area contributed by atoms with Gasteiger partial charge in [0.2, 0.25) is 12.7 Å². The minimum absolute atomic E-state index is 0.0634. The normalized spacial score (nSPS) is 12.0. The zero-order valence-corrected chi connectivity index (χ0v) is 18.1. The fourth-order valence-electron chi connectivity index (χ4n) is 3.77. The fourth-order valence-corrected chi connectivity index (χ4v) is 3.77. The molecule has 0 bridgehead atoms. The molecular weight excluding hydrogens is 438 g/mol. The van der Waals surface area contributed by atoms with Crippen LogP contribution in [0.2, 0.25) is 0 Å². The number of fused-ring (bicyclic) bond motifs is 2. The molecule has 1 amide bonds. The van der Waals surface area contributed by atoms with Crippen LogP contribution in [-0.2, 0) is 17.9 Å². The first-order valence-corrected chi connectivity index (χ1v) is 10.7. The zero-order chi connectivity index (χ0) is 23.5. The third kappa shape index (κ3) is 4.49. The van der Waals surface area contributed by atoms with Crippen LogP contribution in [0.25, 0.3) is 10.9 Å². The second kappa shape index (κ2) is 9.14. The molecule has 1 aliphatic heterocycles. The van der Waals surface area contributed by atoms with Crippen molar-refractivity contribution in [2.24, 2.45) is 0 Å². The number of hydrogen-bond acceptors (Lipinski definition) is 6. The topological polar surface area (TPSA) is 112 Å². The summed E-state index contributed by atoms with van der Waals surface area (Å²) in [6.45, 7) is 0.643. The van der Waals surface area contributed by atoms with Gasteiger partial charge in [-0.2, -0.15) is 0 Å². The first-order valence-electron chi connectivity index (χ1n) is 10.7. The van der Waals surface area contributed by atoms with E-state index in [0.29, 0.717) is 40.4 Å². The lowest BCUT2D eigenvalue weighted by Crippen LogP contribution is -2.31. The van der Waals surface area contributed by atoms with E-state index in [1.807, 2.05) is 24.3 Å². The number of nitrogens with zero attached hydrogens (tertiary/aromatic N) is 1. The summed E-state index contributed by atoms with van der Waals surface area (Å²) in [4.78, 5) is 39.1. The van der Waals surface area contributed by atoms with Crippen molar-refractivity contribution in [1.82, 2.24) is 9.55 Å². The number of aromatic nitrogens is 2. The molecule has 0 aliphatic carbocycles. The van der Waals surface area contributed by atoms with Gasteiger partial charge in [0.1, 0.15) is 12.4 Å². The van der Waals surface area contributed by atoms with E-state index < -0.39 is 11.2 Å². The number of rotatable bonds is 7. The van der Waals surface area contributed by atoms with Crippen LogP contribution in [0.3, 0.4) is 0 Å². The number of para-hydroxylation sites is 1. The molecule has 0 saturated heterocycles. The van der Waals surface area contributed by atoms with Crippen molar-refractivity contribution in [2.45, 2.75) is 19.6 Å². The van der Waals surface area contributed by atoms with E-state index >= 15 is 0 Å². The minimum atomic E-state index is -0.542. The Kier molecular flexibility index (Phi) is 5.73. The molecule has 2 heterocycles. The third-order valence-electron chi connectivity index (χ3n) is 5.43. The molecule has 2 N–H and O–H groups in total. The average Bonchev–Trinajstić information content (AvgIpc) is 3.31. The van der Waals surface area contributed by atoms with Crippen molar-refractivity contribution in [3.05, 3.63) is 93.1 Å². The number of H-pyrrole nitrogens is 1. The highest BCUT2D eigenvalue weighted by Gasteiger charge is 2.14. The van der Waals surface area contributed by atoms with Gasteiger partial charge in [-0.05, 0) is 42.0 Å². The van der Waals surface area contributed by atoms with Crippen LogP contribution in [0.5, 0.6) is 17.2 Å². The Morgan fingerprint density at radius 1 is 1.00 bits per heavy atom. The molecule has 0 atom stereocenters. The highest BCUT2D eigenvalue weighted by molar-refractivity contribution is 5.90. The molecule has 0 unspecified atom stereocenters. The predicted molar refractivity (Wildman–Crippen MR) is 125 cm³/mol. The van der Waals surface area contributed by atoms with Gasteiger partial charge in [-0.25, -0.2) is 4.79 Å². The Hall–Kier alpha value is -4.53. The van der Waals surface area contributed by atoms with Gasteiger partial charge >= 0.3 is 5.69 Å². The average molecular weight is 459 g/mol. The van der Waals surface area contributed by atoms with Crippen molar-refractivity contribution < 1.29 is 19.0 Å². The largest absolute Gasteiger partial charge is 0.489 e. The number of benzene rings is 3. The molecule has 172 valence electrons. The summed E-state index contributed by atoms with van der Waals surface area (Å²) in [7, 11) is 0. The van der Waals surface area contributed by atoms with Gasteiger partial charge in [0.05, 0.1) is 10.9 Å². The fraction of sp³-hybridized carbons (Fsp3) is 0.160. The first kappa shape index (κ1) is 21.3. The van der Waals surface area contributed by atoms with Gasteiger partial charge in [0.25, 0.3) is 5.56 Å². The van der Waals surface area contributed by atoms with Crippen molar-refractivity contribution in [1.29, 1.82) is 0 Å². The molecule has 3 aromatic carbocycles. The van der Waals surface area contributed by atoms with Crippen molar-refractivity contribution >= 4 is 22.5 Å². The number of anilines is 1. The van der Waals surface area contributed by atoms with Crippen molar-refractivity contribution in [2.75, 3.05) is 12.1 Å². The SMILES string of the molecule is O=C(CCn1c(=O)[nH]c(=O)c2ccccc21)Nc1cccc(COc2ccc3c(c2)OCO3)c1. The maximum absolute atomic E-state index is 12.5. The summed E-state index contributed by atoms with van der Waals surface area (Å²) in [6, 6.07) is 19.5.